The van der Waals surface area contributed by atoms with Gasteiger partial charge in [-0.25, -0.2) is 4.98 Å². The Hall–Kier alpha value is -4.50. The SMILES string of the molecule is CC(C)C(CO)Nc1nc(NCC(c2ccccc2)c2ccccc2)c2ncn([C@@H]3O[C@H](c4nnn(C)n4)[C@@H](O)[C@H]3O)c2n1. The number of hydrogen-bond acceptors (Lipinski definition) is 12. The van der Waals surface area contributed by atoms with E-state index in [0.717, 1.165) is 11.1 Å². The predicted molar refractivity (Wildman–Crippen MR) is 162 cm³/mol. The molecule has 0 amide bonds. The minimum atomic E-state index is -1.33. The number of ether oxygens (including phenoxy) is 1. The van der Waals surface area contributed by atoms with E-state index in [-0.39, 0.29) is 36.3 Å². The molecule has 44 heavy (non-hydrogen) atoms. The summed E-state index contributed by atoms with van der Waals surface area (Å²) in [5, 5.41) is 50.5. The molecule has 230 valence electrons. The van der Waals surface area contributed by atoms with Crippen LogP contribution in [0.1, 0.15) is 49.0 Å². The van der Waals surface area contributed by atoms with Crippen LogP contribution in [0.4, 0.5) is 11.8 Å². The summed E-state index contributed by atoms with van der Waals surface area (Å²) in [6, 6.07) is 20.1. The first kappa shape index (κ1) is 29.6. The highest BCUT2D eigenvalue weighted by atomic mass is 16.6. The standard InChI is InChI=1S/C30H36N10O4/c1-17(2)21(15-41)33-30-34-26(31-14-20(18-10-6-4-7-11-18)19-12-8-5-9-13-19)22-28(35-30)40(16-32-22)29-24(43)23(42)25(44-29)27-36-38-39(3)37-27/h4-13,16-17,20-21,23-25,29,41-43H,14-15H2,1-3H3,(H2,31,33,34,35)/t21?,23-,24+,25-,29+/m0/s1. The van der Waals surface area contributed by atoms with Gasteiger partial charge in [0, 0.05) is 12.5 Å². The molecule has 6 rings (SSSR count). The van der Waals surface area contributed by atoms with Gasteiger partial charge in [-0.15, -0.1) is 10.2 Å². The Morgan fingerprint density at radius 3 is 2.23 bits per heavy atom. The first-order valence-corrected chi connectivity index (χ1v) is 14.5. The molecule has 4 heterocycles. The minimum absolute atomic E-state index is 0.0112. The highest BCUT2D eigenvalue weighted by Gasteiger charge is 2.47. The lowest BCUT2D eigenvalue weighted by atomic mass is 9.91. The fourth-order valence-corrected chi connectivity index (χ4v) is 5.39. The van der Waals surface area contributed by atoms with Crippen molar-refractivity contribution in [2.24, 2.45) is 13.0 Å². The van der Waals surface area contributed by atoms with Gasteiger partial charge in [-0.05, 0) is 22.3 Å². The zero-order chi connectivity index (χ0) is 30.8. The largest absolute Gasteiger partial charge is 0.394 e. The minimum Gasteiger partial charge on any atom is -0.394 e. The van der Waals surface area contributed by atoms with Gasteiger partial charge >= 0.3 is 0 Å². The quantitative estimate of drug-likeness (QED) is 0.149. The van der Waals surface area contributed by atoms with Crippen molar-refractivity contribution >= 4 is 22.9 Å². The van der Waals surface area contributed by atoms with Crippen LogP contribution in [0.2, 0.25) is 0 Å². The fourth-order valence-electron chi connectivity index (χ4n) is 5.39. The molecule has 1 aliphatic rings. The van der Waals surface area contributed by atoms with E-state index >= 15 is 0 Å². The van der Waals surface area contributed by atoms with Crippen molar-refractivity contribution in [3.05, 3.63) is 83.9 Å². The van der Waals surface area contributed by atoms with Crippen molar-refractivity contribution in [2.75, 3.05) is 23.8 Å². The molecule has 1 aliphatic heterocycles. The van der Waals surface area contributed by atoms with Gasteiger partial charge in [0.05, 0.1) is 26.0 Å². The Labute approximate surface area is 253 Å². The molecule has 0 aliphatic carbocycles. The van der Waals surface area contributed by atoms with Gasteiger partial charge in [0.25, 0.3) is 0 Å². The predicted octanol–water partition coefficient (Wildman–Crippen LogP) is 2.01. The topological polar surface area (TPSA) is 181 Å². The van der Waals surface area contributed by atoms with Crippen molar-refractivity contribution in [3.63, 3.8) is 0 Å². The normalized spacial score (nSPS) is 20.9. The van der Waals surface area contributed by atoms with E-state index in [1.165, 1.54) is 11.1 Å². The molecular weight excluding hydrogens is 564 g/mol. The van der Waals surface area contributed by atoms with Crippen LogP contribution in [0.15, 0.2) is 67.0 Å². The monoisotopic (exact) mass is 600 g/mol. The number of rotatable bonds is 11. The summed E-state index contributed by atoms with van der Waals surface area (Å²) in [7, 11) is 1.60. The fraction of sp³-hybridized carbons (Fsp3) is 0.400. The van der Waals surface area contributed by atoms with Gasteiger partial charge in [0.15, 0.2) is 29.3 Å². The summed E-state index contributed by atoms with van der Waals surface area (Å²) in [6.07, 6.45) is -3.18. The van der Waals surface area contributed by atoms with E-state index in [9.17, 15) is 15.3 Å². The average molecular weight is 601 g/mol. The Kier molecular flexibility index (Phi) is 8.48. The van der Waals surface area contributed by atoms with Crippen molar-refractivity contribution in [1.29, 1.82) is 0 Å². The number of fused-ring (bicyclic) bond motifs is 1. The maximum atomic E-state index is 11.0. The third-order valence-electron chi connectivity index (χ3n) is 7.91. The number of imidazole rings is 1. The van der Waals surface area contributed by atoms with Crippen LogP contribution in [0, 0.1) is 5.92 Å². The maximum Gasteiger partial charge on any atom is 0.227 e. The van der Waals surface area contributed by atoms with Gasteiger partial charge in [0.1, 0.15) is 12.2 Å². The molecule has 14 nitrogen and oxygen atoms in total. The Morgan fingerprint density at radius 1 is 0.955 bits per heavy atom. The number of hydrogen-bond donors (Lipinski definition) is 5. The molecule has 5 N–H and O–H groups in total. The van der Waals surface area contributed by atoms with Crippen molar-refractivity contribution in [2.45, 2.75) is 50.3 Å². The van der Waals surface area contributed by atoms with Crippen LogP contribution in [-0.4, -0.2) is 86.4 Å². The number of nitrogens with zero attached hydrogens (tertiary/aromatic N) is 8. The van der Waals surface area contributed by atoms with E-state index in [1.807, 2.05) is 50.2 Å². The molecule has 0 spiro atoms. The van der Waals surface area contributed by atoms with Gasteiger partial charge in [-0.1, -0.05) is 74.5 Å². The van der Waals surface area contributed by atoms with E-state index < -0.39 is 24.5 Å². The van der Waals surface area contributed by atoms with Crippen LogP contribution in [0.3, 0.4) is 0 Å². The van der Waals surface area contributed by atoms with Gasteiger partial charge < -0.3 is 30.7 Å². The zero-order valence-electron chi connectivity index (χ0n) is 24.6. The van der Waals surface area contributed by atoms with E-state index in [1.54, 1.807) is 11.6 Å². The third kappa shape index (κ3) is 5.84. The molecule has 2 aromatic carbocycles. The lowest BCUT2D eigenvalue weighted by molar-refractivity contribution is -0.0384. The maximum absolute atomic E-state index is 11.0. The Balaban J connectivity index is 1.37. The molecule has 1 unspecified atom stereocenters. The number of aliphatic hydroxyl groups is 3. The van der Waals surface area contributed by atoms with Crippen LogP contribution in [-0.2, 0) is 11.8 Å². The lowest BCUT2D eigenvalue weighted by Crippen LogP contribution is -2.31. The summed E-state index contributed by atoms with van der Waals surface area (Å²) >= 11 is 0. The van der Waals surface area contributed by atoms with Crippen LogP contribution in [0.25, 0.3) is 11.2 Å². The summed E-state index contributed by atoms with van der Waals surface area (Å²) < 4.78 is 7.64. The zero-order valence-corrected chi connectivity index (χ0v) is 24.6. The molecule has 1 fully saturated rings. The van der Waals surface area contributed by atoms with Crippen molar-refractivity contribution in [1.82, 2.24) is 39.7 Å². The van der Waals surface area contributed by atoms with Gasteiger partial charge in [-0.2, -0.15) is 14.8 Å². The first-order chi connectivity index (χ1) is 21.3. The van der Waals surface area contributed by atoms with Crippen molar-refractivity contribution < 1.29 is 20.1 Å². The number of tetrazole rings is 1. The summed E-state index contributed by atoms with van der Waals surface area (Å²) in [4.78, 5) is 15.3. The molecule has 1 saturated heterocycles. The first-order valence-electron chi connectivity index (χ1n) is 14.5. The molecule has 5 aromatic rings. The average Bonchev–Trinajstić information content (AvgIpc) is 3.74. The third-order valence-corrected chi connectivity index (χ3v) is 7.91. The number of aliphatic hydroxyl groups excluding tert-OH is 3. The molecule has 14 heteroatoms. The van der Waals surface area contributed by atoms with E-state index in [4.69, 9.17) is 14.7 Å². The number of anilines is 2. The second-order valence-corrected chi connectivity index (χ2v) is 11.2. The van der Waals surface area contributed by atoms with E-state index in [0.29, 0.717) is 23.5 Å². The van der Waals surface area contributed by atoms with Gasteiger partial charge in [-0.3, -0.25) is 4.57 Å². The number of nitrogens with one attached hydrogen (secondary N) is 2. The van der Waals surface area contributed by atoms with Crippen LogP contribution < -0.4 is 10.6 Å². The molecule has 0 saturated carbocycles. The van der Waals surface area contributed by atoms with Crippen LogP contribution in [0.5, 0.6) is 0 Å². The van der Waals surface area contributed by atoms with Crippen molar-refractivity contribution in [3.8, 4) is 0 Å². The smallest absolute Gasteiger partial charge is 0.227 e. The number of aryl methyl sites for hydroxylation is 1. The Morgan fingerprint density at radius 2 is 1.64 bits per heavy atom. The molecular formula is C30H36N10O4. The summed E-state index contributed by atoms with van der Waals surface area (Å²) in [5.41, 5.74) is 3.10. The molecule has 0 bridgehead atoms. The highest BCUT2D eigenvalue weighted by molar-refractivity contribution is 5.84. The van der Waals surface area contributed by atoms with Crippen LogP contribution >= 0.6 is 0 Å². The summed E-state index contributed by atoms with van der Waals surface area (Å²) in [6.45, 7) is 4.37. The Bertz CT molecular complexity index is 1640. The van der Waals surface area contributed by atoms with Gasteiger partial charge in [0.2, 0.25) is 11.8 Å². The highest BCUT2D eigenvalue weighted by Crippen LogP contribution is 2.39. The number of aromatic nitrogens is 8. The molecule has 3 aromatic heterocycles. The second kappa shape index (κ2) is 12.6. The molecule has 0 radical (unpaired) electrons. The molecule has 5 atom stereocenters. The van der Waals surface area contributed by atoms with E-state index in [2.05, 4.69) is 55.3 Å². The second-order valence-electron chi connectivity index (χ2n) is 11.2. The summed E-state index contributed by atoms with van der Waals surface area (Å²) in [5.74, 6) is 0.994. The lowest BCUT2D eigenvalue weighted by Gasteiger charge is -2.22. The number of benzene rings is 2.